The lowest BCUT2D eigenvalue weighted by atomic mass is 10.0. The van der Waals surface area contributed by atoms with E-state index >= 15 is 0 Å². The molecule has 136 valence electrons. The van der Waals surface area contributed by atoms with Gasteiger partial charge in [0.15, 0.2) is 0 Å². The van der Waals surface area contributed by atoms with Gasteiger partial charge >= 0.3 is 0 Å². The Morgan fingerprint density at radius 1 is 0.704 bits per heavy atom. The maximum absolute atomic E-state index is 12.1. The van der Waals surface area contributed by atoms with Crippen molar-refractivity contribution in [3.8, 4) is 11.1 Å². The molecule has 0 aliphatic heterocycles. The topological polar surface area (TPSA) is 67.4 Å². The standard InChI is InChI=1S/C22H20N2O3/c25-21(16-27-15-17-7-3-1-4-8-17)23-24-22(26)20-13-11-19(12-14-20)18-9-5-2-6-10-18/h1-14H,15-16H2,(H,23,25)(H,24,26). The molecule has 0 fully saturated rings. The van der Waals surface area contributed by atoms with E-state index < -0.39 is 5.91 Å². The first-order chi connectivity index (χ1) is 13.2. The van der Waals surface area contributed by atoms with E-state index in [2.05, 4.69) is 10.9 Å². The number of ether oxygens (including phenoxy) is 1. The Hall–Kier alpha value is -3.44. The van der Waals surface area contributed by atoms with Crippen LogP contribution in [0.3, 0.4) is 0 Å². The summed E-state index contributed by atoms with van der Waals surface area (Å²) in [4.78, 5) is 23.9. The predicted octanol–water partition coefficient (Wildman–Crippen LogP) is 3.33. The minimum atomic E-state index is -0.416. The fraction of sp³-hybridized carbons (Fsp3) is 0.0909. The fourth-order valence-electron chi connectivity index (χ4n) is 2.52. The predicted molar refractivity (Wildman–Crippen MR) is 104 cm³/mol. The lowest BCUT2D eigenvalue weighted by Crippen LogP contribution is -2.43. The van der Waals surface area contributed by atoms with Crippen molar-refractivity contribution in [3.05, 3.63) is 96.1 Å². The molecule has 2 N–H and O–H groups in total. The maximum atomic E-state index is 12.1. The van der Waals surface area contributed by atoms with E-state index in [0.717, 1.165) is 16.7 Å². The summed E-state index contributed by atoms with van der Waals surface area (Å²) < 4.78 is 5.32. The number of nitrogens with one attached hydrogen (secondary N) is 2. The third-order valence-electron chi connectivity index (χ3n) is 3.91. The van der Waals surface area contributed by atoms with Crippen LogP contribution < -0.4 is 10.9 Å². The number of hydrazine groups is 1. The smallest absolute Gasteiger partial charge is 0.269 e. The van der Waals surface area contributed by atoms with Crippen LogP contribution in [0.25, 0.3) is 11.1 Å². The third kappa shape index (κ3) is 5.52. The van der Waals surface area contributed by atoms with Gasteiger partial charge in [0.05, 0.1) is 6.61 Å². The summed E-state index contributed by atoms with van der Waals surface area (Å²) in [5.74, 6) is -0.800. The van der Waals surface area contributed by atoms with Crippen molar-refractivity contribution in [1.29, 1.82) is 0 Å². The second kappa shape index (κ2) is 9.31. The molecule has 3 aromatic carbocycles. The Labute approximate surface area is 158 Å². The van der Waals surface area contributed by atoms with Crippen LogP contribution in [0.2, 0.25) is 0 Å². The molecule has 0 saturated heterocycles. The van der Waals surface area contributed by atoms with Crippen LogP contribution in [0.5, 0.6) is 0 Å². The molecular weight excluding hydrogens is 340 g/mol. The minimum absolute atomic E-state index is 0.137. The van der Waals surface area contributed by atoms with Gasteiger partial charge in [-0.15, -0.1) is 0 Å². The average molecular weight is 360 g/mol. The van der Waals surface area contributed by atoms with Gasteiger partial charge in [0.2, 0.25) is 0 Å². The van der Waals surface area contributed by atoms with Crippen LogP contribution in [-0.4, -0.2) is 18.4 Å². The zero-order valence-electron chi connectivity index (χ0n) is 14.7. The molecule has 3 rings (SSSR count). The van der Waals surface area contributed by atoms with Gasteiger partial charge in [-0.1, -0.05) is 72.8 Å². The Bertz CT molecular complexity index is 878. The first-order valence-electron chi connectivity index (χ1n) is 8.59. The Kier molecular flexibility index (Phi) is 6.33. The molecule has 0 aromatic heterocycles. The van der Waals surface area contributed by atoms with Gasteiger partial charge in [0.25, 0.3) is 11.8 Å². The molecule has 0 saturated carbocycles. The summed E-state index contributed by atoms with van der Waals surface area (Å²) >= 11 is 0. The molecule has 0 heterocycles. The van der Waals surface area contributed by atoms with E-state index in [4.69, 9.17) is 4.74 Å². The van der Waals surface area contributed by atoms with Crippen molar-refractivity contribution < 1.29 is 14.3 Å². The fourth-order valence-corrected chi connectivity index (χ4v) is 2.52. The number of hydrogen-bond donors (Lipinski definition) is 2. The van der Waals surface area contributed by atoms with Crippen molar-refractivity contribution in [3.63, 3.8) is 0 Å². The van der Waals surface area contributed by atoms with Crippen LogP contribution in [-0.2, 0) is 16.1 Å². The van der Waals surface area contributed by atoms with Crippen LogP contribution in [0.15, 0.2) is 84.9 Å². The molecule has 0 atom stereocenters. The monoisotopic (exact) mass is 360 g/mol. The Morgan fingerprint density at radius 2 is 1.30 bits per heavy atom. The molecule has 0 radical (unpaired) electrons. The number of carbonyl (C=O) groups is 2. The van der Waals surface area contributed by atoms with Gasteiger partial charge in [-0.2, -0.15) is 0 Å². The lowest BCUT2D eigenvalue weighted by molar-refractivity contribution is -0.126. The van der Waals surface area contributed by atoms with Gasteiger partial charge < -0.3 is 4.74 Å². The number of rotatable bonds is 6. The summed E-state index contributed by atoms with van der Waals surface area (Å²) in [7, 11) is 0. The van der Waals surface area contributed by atoms with Gasteiger partial charge in [0, 0.05) is 5.56 Å². The number of amides is 2. The molecule has 0 spiro atoms. The van der Waals surface area contributed by atoms with E-state index in [9.17, 15) is 9.59 Å². The zero-order valence-corrected chi connectivity index (χ0v) is 14.7. The SMILES string of the molecule is O=C(COCc1ccccc1)NNC(=O)c1ccc(-c2ccccc2)cc1. The summed E-state index contributed by atoms with van der Waals surface area (Å²) in [6.45, 7) is 0.200. The van der Waals surface area contributed by atoms with Crippen molar-refractivity contribution >= 4 is 11.8 Å². The van der Waals surface area contributed by atoms with Crippen LogP contribution in [0.4, 0.5) is 0 Å². The largest absolute Gasteiger partial charge is 0.367 e. The summed E-state index contributed by atoms with van der Waals surface area (Å²) in [5, 5.41) is 0. The van der Waals surface area contributed by atoms with E-state index in [0.29, 0.717) is 12.2 Å². The number of benzene rings is 3. The molecule has 5 heteroatoms. The van der Waals surface area contributed by atoms with E-state index in [1.807, 2.05) is 72.8 Å². The molecule has 27 heavy (non-hydrogen) atoms. The molecule has 0 aliphatic rings. The third-order valence-corrected chi connectivity index (χ3v) is 3.91. The quantitative estimate of drug-likeness (QED) is 0.663. The van der Waals surface area contributed by atoms with Crippen LogP contribution in [0.1, 0.15) is 15.9 Å². The number of hydrogen-bond acceptors (Lipinski definition) is 3. The first-order valence-corrected chi connectivity index (χ1v) is 8.59. The van der Waals surface area contributed by atoms with Crippen molar-refractivity contribution in [2.24, 2.45) is 0 Å². The molecule has 0 bridgehead atoms. The molecule has 3 aromatic rings. The van der Waals surface area contributed by atoms with Gasteiger partial charge in [-0.25, -0.2) is 0 Å². The van der Waals surface area contributed by atoms with E-state index in [1.165, 1.54) is 0 Å². The Morgan fingerprint density at radius 3 is 1.96 bits per heavy atom. The normalized spacial score (nSPS) is 10.2. The molecular formula is C22H20N2O3. The van der Waals surface area contributed by atoms with E-state index in [-0.39, 0.29) is 12.5 Å². The first kappa shape index (κ1) is 18.4. The highest BCUT2D eigenvalue weighted by Crippen LogP contribution is 2.19. The lowest BCUT2D eigenvalue weighted by Gasteiger charge is -2.09. The van der Waals surface area contributed by atoms with Crippen molar-refractivity contribution in [1.82, 2.24) is 10.9 Å². The average Bonchev–Trinajstić information content (AvgIpc) is 2.73. The maximum Gasteiger partial charge on any atom is 0.269 e. The molecule has 0 unspecified atom stereocenters. The van der Waals surface area contributed by atoms with Crippen molar-refractivity contribution in [2.45, 2.75) is 6.61 Å². The number of carbonyl (C=O) groups excluding carboxylic acids is 2. The van der Waals surface area contributed by atoms with Crippen LogP contribution >= 0.6 is 0 Å². The van der Waals surface area contributed by atoms with Gasteiger partial charge in [-0.05, 0) is 28.8 Å². The highest BCUT2D eigenvalue weighted by atomic mass is 16.5. The summed E-state index contributed by atoms with van der Waals surface area (Å²) in [6, 6.07) is 26.6. The van der Waals surface area contributed by atoms with Crippen LogP contribution in [0, 0.1) is 0 Å². The molecule has 5 nitrogen and oxygen atoms in total. The van der Waals surface area contributed by atoms with Gasteiger partial charge in [0.1, 0.15) is 6.61 Å². The summed E-state index contributed by atoms with van der Waals surface area (Å²) in [5.41, 5.74) is 8.27. The Balaban J connectivity index is 1.44. The second-order valence-corrected chi connectivity index (χ2v) is 5.92. The van der Waals surface area contributed by atoms with Crippen molar-refractivity contribution in [2.75, 3.05) is 6.61 Å². The highest BCUT2D eigenvalue weighted by molar-refractivity contribution is 5.95. The molecule has 2 amide bonds. The summed E-state index contributed by atoms with van der Waals surface area (Å²) in [6.07, 6.45) is 0. The zero-order chi connectivity index (χ0) is 18.9. The highest BCUT2D eigenvalue weighted by Gasteiger charge is 2.08. The van der Waals surface area contributed by atoms with E-state index in [1.54, 1.807) is 12.1 Å². The molecule has 0 aliphatic carbocycles. The second-order valence-electron chi connectivity index (χ2n) is 5.92. The van der Waals surface area contributed by atoms with Gasteiger partial charge in [-0.3, -0.25) is 20.4 Å². The minimum Gasteiger partial charge on any atom is -0.367 e.